The van der Waals surface area contributed by atoms with E-state index in [2.05, 4.69) is 15.1 Å². The van der Waals surface area contributed by atoms with E-state index in [9.17, 15) is 5.11 Å². The van der Waals surface area contributed by atoms with Gasteiger partial charge in [-0.1, -0.05) is 5.16 Å². The molecule has 0 saturated carbocycles. The van der Waals surface area contributed by atoms with E-state index >= 15 is 0 Å². The van der Waals surface area contributed by atoms with Crippen LogP contribution in [-0.4, -0.2) is 26.3 Å². The standard InChI is InChI=1S/C8H10N4O2/c1-4(13)7(9)8-10-3-6-5(12-8)2-11-14-6/h2-4,7,13H,9H2,1H3. The van der Waals surface area contributed by atoms with E-state index in [4.69, 9.17) is 10.3 Å². The number of hydrogen-bond donors (Lipinski definition) is 2. The molecule has 0 amide bonds. The van der Waals surface area contributed by atoms with Crippen LogP contribution < -0.4 is 5.73 Å². The Bertz CT molecular complexity index is 440. The molecule has 2 aromatic heterocycles. The van der Waals surface area contributed by atoms with Crippen LogP contribution in [0.2, 0.25) is 0 Å². The Kier molecular flexibility index (Phi) is 2.14. The first-order valence-corrected chi connectivity index (χ1v) is 4.19. The molecule has 2 unspecified atom stereocenters. The molecular weight excluding hydrogens is 184 g/mol. The minimum Gasteiger partial charge on any atom is -0.391 e. The first kappa shape index (κ1) is 9.04. The summed E-state index contributed by atoms with van der Waals surface area (Å²) in [5, 5.41) is 12.8. The van der Waals surface area contributed by atoms with Gasteiger partial charge in [-0.05, 0) is 6.92 Å². The van der Waals surface area contributed by atoms with Crippen LogP contribution in [0.5, 0.6) is 0 Å². The topological polar surface area (TPSA) is 98.1 Å². The summed E-state index contributed by atoms with van der Waals surface area (Å²) in [5.41, 5.74) is 6.77. The molecule has 0 aromatic carbocycles. The van der Waals surface area contributed by atoms with E-state index in [0.717, 1.165) is 0 Å². The van der Waals surface area contributed by atoms with Crippen LogP contribution in [0.1, 0.15) is 18.8 Å². The molecule has 2 rings (SSSR count). The van der Waals surface area contributed by atoms with Gasteiger partial charge in [0.05, 0.1) is 24.5 Å². The Morgan fingerprint density at radius 1 is 1.50 bits per heavy atom. The number of nitrogens with zero attached hydrogens (tertiary/aromatic N) is 3. The number of hydrogen-bond acceptors (Lipinski definition) is 6. The molecule has 0 radical (unpaired) electrons. The maximum Gasteiger partial charge on any atom is 0.203 e. The molecule has 0 saturated heterocycles. The molecule has 2 atom stereocenters. The fourth-order valence-electron chi connectivity index (χ4n) is 1.07. The SMILES string of the molecule is CC(O)C(N)c1ncc2oncc2n1. The van der Waals surface area contributed by atoms with Crippen LogP contribution in [0.15, 0.2) is 16.9 Å². The zero-order valence-corrected chi connectivity index (χ0v) is 7.58. The molecule has 0 spiro atoms. The third kappa shape index (κ3) is 1.45. The van der Waals surface area contributed by atoms with Gasteiger partial charge in [-0.2, -0.15) is 0 Å². The Morgan fingerprint density at radius 3 is 3.00 bits per heavy atom. The summed E-state index contributed by atoms with van der Waals surface area (Å²) < 4.78 is 4.83. The first-order valence-electron chi connectivity index (χ1n) is 4.19. The molecule has 0 bridgehead atoms. The molecule has 0 aliphatic carbocycles. The van der Waals surface area contributed by atoms with Crippen LogP contribution in [-0.2, 0) is 0 Å². The summed E-state index contributed by atoms with van der Waals surface area (Å²) in [4.78, 5) is 8.07. The van der Waals surface area contributed by atoms with Crippen molar-refractivity contribution >= 4 is 11.1 Å². The fourth-order valence-corrected chi connectivity index (χ4v) is 1.07. The molecule has 2 heterocycles. The highest BCUT2D eigenvalue weighted by Crippen LogP contribution is 2.13. The Labute approximate surface area is 79.7 Å². The van der Waals surface area contributed by atoms with Crippen molar-refractivity contribution in [1.29, 1.82) is 0 Å². The maximum atomic E-state index is 9.25. The Hall–Kier alpha value is -1.53. The van der Waals surface area contributed by atoms with Gasteiger partial charge < -0.3 is 15.4 Å². The number of rotatable bonds is 2. The van der Waals surface area contributed by atoms with Gasteiger partial charge in [0, 0.05) is 0 Å². The molecule has 0 aliphatic heterocycles. The average molecular weight is 194 g/mol. The van der Waals surface area contributed by atoms with Crippen LogP contribution in [0.4, 0.5) is 0 Å². The third-order valence-corrected chi connectivity index (χ3v) is 1.95. The number of aromatic nitrogens is 3. The summed E-state index contributed by atoms with van der Waals surface area (Å²) in [5.74, 6) is 0.385. The molecule has 74 valence electrons. The molecule has 2 aromatic rings. The minimum absolute atomic E-state index is 0.385. The quantitative estimate of drug-likeness (QED) is 0.698. The van der Waals surface area contributed by atoms with E-state index in [1.165, 1.54) is 12.4 Å². The van der Waals surface area contributed by atoms with Gasteiger partial charge in [0.25, 0.3) is 0 Å². The number of aliphatic hydroxyl groups is 1. The van der Waals surface area contributed by atoms with Gasteiger partial charge in [0.1, 0.15) is 11.3 Å². The molecule has 14 heavy (non-hydrogen) atoms. The summed E-state index contributed by atoms with van der Waals surface area (Å²) >= 11 is 0. The van der Waals surface area contributed by atoms with E-state index in [1.807, 2.05) is 0 Å². The maximum absolute atomic E-state index is 9.25. The van der Waals surface area contributed by atoms with E-state index in [0.29, 0.717) is 16.9 Å². The van der Waals surface area contributed by atoms with Crippen molar-refractivity contribution in [2.24, 2.45) is 5.73 Å². The minimum atomic E-state index is -0.688. The highest BCUT2D eigenvalue weighted by atomic mass is 16.5. The highest BCUT2D eigenvalue weighted by molar-refractivity contribution is 5.69. The van der Waals surface area contributed by atoms with Crippen LogP contribution in [0, 0.1) is 0 Å². The second kappa shape index (κ2) is 3.32. The van der Waals surface area contributed by atoms with Crippen molar-refractivity contribution in [2.45, 2.75) is 19.1 Å². The molecular formula is C8H10N4O2. The van der Waals surface area contributed by atoms with Crippen LogP contribution in [0.25, 0.3) is 11.1 Å². The van der Waals surface area contributed by atoms with Crippen molar-refractivity contribution in [3.05, 3.63) is 18.2 Å². The number of fused-ring (bicyclic) bond motifs is 1. The smallest absolute Gasteiger partial charge is 0.203 e. The van der Waals surface area contributed by atoms with E-state index < -0.39 is 12.1 Å². The zero-order valence-electron chi connectivity index (χ0n) is 7.58. The molecule has 6 heteroatoms. The van der Waals surface area contributed by atoms with Gasteiger partial charge in [0.2, 0.25) is 5.58 Å². The monoisotopic (exact) mass is 194 g/mol. The van der Waals surface area contributed by atoms with E-state index in [1.54, 1.807) is 6.92 Å². The lowest BCUT2D eigenvalue weighted by molar-refractivity contribution is 0.160. The van der Waals surface area contributed by atoms with Crippen LogP contribution in [0.3, 0.4) is 0 Å². The largest absolute Gasteiger partial charge is 0.391 e. The highest BCUT2D eigenvalue weighted by Gasteiger charge is 2.16. The van der Waals surface area contributed by atoms with Crippen LogP contribution >= 0.6 is 0 Å². The van der Waals surface area contributed by atoms with Crippen molar-refractivity contribution in [3.8, 4) is 0 Å². The molecule has 6 nitrogen and oxygen atoms in total. The second-order valence-corrected chi connectivity index (χ2v) is 3.07. The second-order valence-electron chi connectivity index (χ2n) is 3.07. The summed E-state index contributed by atoms with van der Waals surface area (Å²) in [7, 11) is 0. The summed E-state index contributed by atoms with van der Waals surface area (Å²) in [6, 6.07) is -0.589. The van der Waals surface area contributed by atoms with Crippen molar-refractivity contribution in [1.82, 2.24) is 15.1 Å². The zero-order chi connectivity index (χ0) is 10.1. The first-order chi connectivity index (χ1) is 6.68. The lowest BCUT2D eigenvalue weighted by atomic mass is 10.2. The lowest BCUT2D eigenvalue weighted by Crippen LogP contribution is -2.25. The predicted molar refractivity (Wildman–Crippen MR) is 48.2 cm³/mol. The summed E-state index contributed by atoms with van der Waals surface area (Å²) in [6.45, 7) is 1.59. The van der Waals surface area contributed by atoms with Gasteiger partial charge in [-0.3, -0.25) is 0 Å². The third-order valence-electron chi connectivity index (χ3n) is 1.95. The van der Waals surface area contributed by atoms with Gasteiger partial charge in [-0.25, -0.2) is 9.97 Å². The molecule has 0 fully saturated rings. The van der Waals surface area contributed by atoms with Gasteiger partial charge >= 0.3 is 0 Å². The number of nitrogens with two attached hydrogens (primary N) is 1. The molecule has 0 aliphatic rings. The lowest BCUT2D eigenvalue weighted by Gasteiger charge is -2.11. The average Bonchev–Trinajstić information content (AvgIpc) is 2.62. The Morgan fingerprint density at radius 2 is 2.29 bits per heavy atom. The summed E-state index contributed by atoms with van der Waals surface area (Å²) in [6.07, 6.45) is 2.29. The van der Waals surface area contributed by atoms with Crippen molar-refractivity contribution in [3.63, 3.8) is 0 Å². The van der Waals surface area contributed by atoms with Crippen molar-refractivity contribution < 1.29 is 9.63 Å². The van der Waals surface area contributed by atoms with Gasteiger partial charge in [-0.15, -0.1) is 0 Å². The number of aliphatic hydroxyl groups excluding tert-OH is 1. The predicted octanol–water partition coefficient (Wildman–Crippen LogP) is -0.00160. The normalized spacial score (nSPS) is 15.6. The fraction of sp³-hybridized carbons (Fsp3) is 0.375. The molecule has 3 N–H and O–H groups in total. The van der Waals surface area contributed by atoms with Crippen molar-refractivity contribution in [2.75, 3.05) is 0 Å². The Balaban J connectivity index is 2.43. The van der Waals surface area contributed by atoms with E-state index in [-0.39, 0.29) is 0 Å². The van der Waals surface area contributed by atoms with Gasteiger partial charge in [0.15, 0.2) is 0 Å².